The van der Waals surface area contributed by atoms with Gasteiger partial charge >= 0.3 is 5.97 Å². The number of fused-ring (bicyclic) bond motifs is 5. The largest absolute Gasteiger partial charge is 0.481 e. The predicted molar refractivity (Wildman–Crippen MR) is 370 cm³/mol. The third-order valence-corrected chi connectivity index (χ3v) is 22.0. The molecule has 10 amide bonds. The quantitative estimate of drug-likeness (QED) is 0.0879. The fraction of sp³-hybridized carbons (Fsp3) is 0.632. The van der Waals surface area contributed by atoms with Crippen LogP contribution in [-0.4, -0.2) is 209 Å². The van der Waals surface area contributed by atoms with Crippen LogP contribution in [0, 0.1) is 17.8 Å². The molecule has 5 heterocycles. The molecule has 2 saturated carbocycles. The number of aromatic nitrogens is 1. The highest BCUT2D eigenvalue weighted by Gasteiger charge is 2.45. The Hall–Kier alpha value is -7.42. The fourth-order valence-electron chi connectivity index (χ4n) is 14.5. The summed E-state index contributed by atoms with van der Waals surface area (Å²) in [5.74, 6) is -8.43. The predicted octanol–water partition coefficient (Wildman–Crippen LogP) is -0.163. The van der Waals surface area contributed by atoms with Gasteiger partial charge < -0.3 is 90.0 Å². The number of rotatable bonds is 15. The lowest BCUT2D eigenvalue weighted by molar-refractivity contribution is -0.143. The van der Waals surface area contributed by atoms with Gasteiger partial charge in [-0.25, -0.2) is 4.39 Å². The van der Waals surface area contributed by atoms with Crippen molar-refractivity contribution in [2.75, 3.05) is 50.9 Å². The van der Waals surface area contributed by atoms with Gasteiger partial charge in [-0.05, 0) is 150 Å². The SMILES string of the molecule is NCCCCC1NC(=O)CCSCc2cccc(c2)CSC[C@@H](C(N)=O)NC(=O)[C@@H]2CCCN2C(=O)[C@H](CC2CCC(O)CC2)NC(=O)[C@H](CC2CNCN2)NC(=O)[C@H](CC(=O)O)NC(=O)[C@@H](Cc2c[nH]c3ccccc23)NC(=O)[C@H](CC2CNC3CCC(F)CC23)NC(=O)CNC1=O. The van der Waals surface area contributed by atoms with Crippen LogP contribution in [0.2, 0.25) is 0 Å². The highest BCUT2D eigenvalue weighted by molar-refractivity contribution is 7.98. The maximum absolute atomic E-state index is 15.2. The molecule has 99 heavy (non-hydrogen) atoms. The number of H-pyrrole nitrogens is 1. The standard InChI is InChI=1S/C68H98FN15O13S2/c69-43-15-18-49-47(27-43)42(31-74-49)26-51-63(92)79-52(25-41-30-73-48-10-2-1-9-46(41)48)64(93)81-54(29-60(88)89)66(95)80-53(28-44-32-72-37-76-44)65(94)82-55(24-38-13-16-45(85)17-14-38)68(97)84-21-6-12-57(84)67(96)83-56(61(71)90)36-99-35-40-8-5-7-39(23-40)34-98-22-19-58(86)77-50(11-3-4-20-70)62(91)75-33-59(87)78-51/h1-2,5,7-10,23,30,38,42-45,47,49-57,72-74,76,85H,3-4,6,11-22,24-29,31-37,70H2,(H2,71,90)(H,75,91)(H,77,86)(H,78,87)(H,79,92)(H,80,95)(H,81,93)(H,82,94)(H,83,96)(H,88,89)/t38?,42?,43?,44?,45?,47?,49?,50?,51-,52+,53-,54-,55-,56-,57-/m0/s1. The van der Waals surface area contributed by atoms with E-state index in [0.717, 1.165) is 11.1 Å². The van der Waals surface area contributed by atoms with E-state index in [1.807, 2.05) is 24.3 Å². The Morgan fingerprint density at radius 3 is 2.11 bits per heavy atom. The number of nitrogens with one attached hydrogen (secondary N) is 12. The normalized spacial score (nSPS) is 30.6. The smallest absolute Gasteiger partial charge is 0.305 e. The summed E-state index contributed by atoms with van der Waals surface area (Å²) in [6.45, 7) is 0.898. The van der Waals surface area contributed by atoms with Crippen molar-refractivity contribution >= 4 is 99.5 Å². The summed E-state index contributed by atoms with van der Waals surface area (Å²) in [7, 11) is 0. The van der Waals surface area contributed by atoms with Crippen molar-refractivity contribution in [2.24, 2.45) is 29.2 Å². The van der Waals surface area contributed by atoms with Gasteiger partial charge in [-0.2, -0.15) is 23.5 Å². The number of amides is 10. The number of carbonyl (C=O) groups is 11. The van der Waals surface area contributed by atoms with E-state index in [1.165, 1.54) is 28.4 Å². The van der Waals surface area contributed by atoms with E-state index in [4.69, 9.17) is 11.5 Å². The van der Waals surface area contributed by atoms with Gasteiger partial charge in [0.1, 0.15) is 54.5 Å². The summed E-state index contributed by atoms with van der Waals surface area (Å²) in [6, 6.07) is 3.56. The highest BCUT2D eigenvalue weighted by atomic mass is 32.2. The topological polar surface area (TPSA) is 432 Å². The van der Waals surface area contributed by atoms with Crippen LogP contribution < -0.4 is 70.0 Å². The van der Waals surface area contributed by atoms with Gasteiger partial charge in [0.25, 0.3) is 0 Å². The highest BCUT2D eigenvalue weighted by Crippen LogP contribution is 2.38. The molecule has 2 bridgehead atoms. The number of para-hydroxylation sites is 1. The molecule has 3 aromatic rings. The lowest BCUT2D eigenvalue weighted by Gasteiger charge is -2.34. The molecule has 28 nitrogen and oxygen atoms in total. The van der Waals surface area contributed by atoms with Crippen molar-refractivity contribution in [3.8, 4) is 0 Å². The van der Waals surface area contributed by atoms with Crippen molar-refractivity contribution in [3.05, 3.63) is 71.4 Å². The van der Waals surface area contributed by atoms with Crippen molar-refractivity contribution in [2.45, 2.75) is 200 Å². The number of unbranched alkanes of at least 4 members (excludes halogenated alkanes) is 1. The average Bonchev–Trinajstić information content (AvgIpc) is 1.69. The first kappa shape index (κ1) is 75.8. The van der Waals surface area contributed by atoms with Crippen LogP contribution in [-0.2, 0) is 70.7 Å². The minimum atomic E-state index is -1.89. The average molecular weight is 1420 g/mol. The van der Waals surface area contributed by atoms with Crippen molar-refractivity contribution in [1.29, 1.82) is 0 Å². The first-order valence-electron chi connectivity index (χ1n) is 34.9. The second-order valence-corrected chi connectivity index (χ2v) is 29.3. The van der Waals surface area contributed by atoms with Crippen LogP contribution in [0.3, 0.4) is 0 Å². The van der Waals surface area contributed by atoms with Gasteiger partial charge in [0.15, 0.2) is 0 Å². The molecule has 4 aliphatic heterocycles. The number of carboxylic acid groups (broad SMARTS) is 1. The minimum Gasteiger partial charge on any atom is -0.481 e. The Labute approximate surface area is 583 Å². The van der Waals surface area contributed by atoms with Crippen LogP contribution in [0.15, 0.2) is 54.7 Å². The molecule has 0 radical (unpaired) electrons. The number of benzene rings is 2. The number of hydrogen-bond acceptors (Lipinski definition) is 18. The molecule has 3 saturated heterocycles. The van der Waals surface area contributed by atoms with Gasteiger partial charge in [-0.1, -0.05) is 42.5 Å². The van der Waals surface area contributed by atoms with Crippen molar-refractivity contribution < 1.29 is 67.3 Å². The van der Waals surface area contributed by atoms with E-state index >= 15 is 23.6 Å². The summed E-state index contributed by atoms with van der Waals surface area (Å²) in [4.78, 5) is 162. The Bertz CT molecular complexity index is 3320. The van der Waals surface area contributed by atoms with Gasteiger partial charge in [-0.3, -0.25) is 52.7 Å². The number of aliphatic hydroxyl groups is 1. The zero-order chi connectivity index (χ0) is 70.5. The Balaban J connectivity index is 1.02. The molecule has 2 aromatic carbocycles. The molecule has 6 unspecified atom stereocenters. The molecular formula is C68H98FN15O13S2. The summed E-state index contributed by atoms with van der Waals surface area (Å²) in [5.41, 5.74) is 14.8. The minimum absolute atomic E-state index is 0.0332. The Kier molecular flexibility index (Phi) is 28.6. The summed E-state index contributed by atoms with van der Waals surface area (Å²) < 4.78 is 15.2. The number of primary amides is 1. The molecule has 2 aliphatic carbocycles. The van der Waals surface area contributed by atoms with E-state index in [9.17, 15) is 43.8 Å². The third-order valence-electron chi connectivity index (χ3n) is 19.9. The number of halogens is 1. The van der Waals surface area contributed by atoms with E-state index in [-0.39, 0.29) is 87.5 Å². The molecule has 6 aliphatic rings. The van der Waals surface area contributed by atoms with Gasteiger partial charge in [-0.15, -0.1) is 0 Å². The second kappa shape index (κ2) is 37.3. The number of aliphatic hydroxyl groups excluding tert-OH is 1. The van der Waals surface area contributed by atoms with Gasteiger partial charge in [0.05, 0.1) is 19.1 Å². The Morgan fingerprint density at radius 1 is 0.677 bits per heavy atom. The molecule has 5 fully saturated rings. The fourth-order valence-corrected chi connectivity index (χ4v) is 16.4. The number of nitrogens with zero attached hydrogens (tertiary/aromatic N) is 1. The number of thioether (sulfide) groups is 2. The number of aromatic amines is 1. The lowest BCUT2D eigenvalue weighted by Crippen LogP contribution is -2.61. The van der Waals surface area contributed by atoms with Crippen LogP contribution in [0.25, 0.3) is 10.9 Å². The molecule has 9 rings (SSSR count). The van der Waals surface area contributed by atoms with Crippen LogP contribution in [0.1, 0.15) is 126 Å². The molecule has 18 N–H and O–H groups in total. The molecule has 1 aromatic heterocycles. The number of hydrogen-bond donors (Lipinski definition) is 16. The van der Waals surface area contributed by atoms with Gasteiger partial charge in [0.2, 0.25) is 59.1 Å². The first-order valence-corrected chi connectivity index (χ1v) is 37.2. The van der Waals surface area contributed by atoms with Crippen LogP contribution in [0.4, 0.5) is 4.39 Å². The summed E-state index contributed by atoms with van der Waals surface area (Å²) in [6.07, 6.45) is 3.71. The molecule has 13 atom stereocenters. The molecule has 0 spiro atoms. The first-order chi connectivity index (χ1) is 47.7. The number of carbonyl (C=O) groups excluding carboxylic acids is 10. The zero-order valence-electron chi connectivity index (χ0n) is 55.8. The van der Waals surface area contributed by atoms with Crippen LogP contribution in [0.5, 0.6) is 0 Å². The van der Waals surface area contributed by atoms with Crippen molar-refractivity contribution in [3.63, 3.8) is 0 Å². The number of aliphatic carboxylic acids is 1. The molecule has 542 valence electrons. The van der Waals surface area contributed by atoms with E-state index in [0.29, 0.717) is 118 Å². The van der Waals surface area contributed by atoms with E-state index in [2.05, 4.69) is 63.5 Å². The molecular weight excluding hydrogens is 1320 g/mol. The Morgan fingerprint density at radius 2 is 1.37 bits per heavy atom. The lowest BCUT2D eigenvalue weighted by atomic mass is 9.77. The summed E-state index contributed by atoms with van der Waals surface area (Å²) >= 11 is 2.87. The molecule has 31 heteroatoms. The maximum Gasteiger partial charge on any atom is 0.305 e. The monoisotopic (exact) mass is 1420 g/mol. The summed E-state index contributed by atoms with van der Waals surface area (Å²) in [5, 5.41) is 53.3. The maximum atomic E-state index is 15.2. The zero-order valence-corrected chi connectivity index (χ0v) is 57.5. The number of carboxylic acids is 1. The van der Waals surface area contributed by atoms with E-state index < -0.39 is 145 Å². The third kappa shape index (κ3) is 22.3. The number of nitrogens with two attached hydrogens (primary N) is 2. The van der Waals surface area contributed by atoms with Crippen molar-refractivity contribution in [1.82, 2.24) is 68.4 Å². The van der Waals surface area contributed by atoms with Gasteiger partial charge in [0, 0.05) is 84.8 Å². The van der Waals surface area contributed by atoms with E-state index in [1.54, 1.807) is 30.5 Å². The second-order valence-electron chi connectivity index (χ2n) is 27.2. The van der Waals surface area contributed by atoms with Crippen LogP contribution >= 0.6 is 23.5 Å². The number of alkyl halides is 1.